The van der Waals surface area contributed by atoms with Gasteiger partial charge >= 0.3 is 18.2 Å². The van der Waals surface area contributed by atoms with Gasteiger partial charge in [-0.1, -0.05) is 31.1 Å². The average molecular weight is 475 g/mol. The molecule has 0 aliphatic carbocycles. The maximum atomic E-state index is 12.8. The van der Waals surface area contributed by atoms with Crippen molar-refractivity contribution in [3.63, 3.8) is 0 Å². The lowest BCUT2D eigenvalue weighted by Gasteiger charge is -2.19. The number of fused-ring (bicyclic) bond motifs is 1. The number of nitrogens with zero attached hydrogens (tertiary/aromatic N) is 5. The second-order valence-electron chi connectivity index (χ2n) is 7.36. The molecule has 0 aliphatic heterocycles. The number of imidazole rings is 1. The molecule has 0 unspecified atom stereocenters. The number of alkyl halides is 6. The van der Waals surface area contributed by atoms with Crippen molar-refractivity contribution in [2.24, 2.45) is 0 Å². The standard InChI is InChI=1S/C21H23F6N5O/c1-3-31(4-2)11-12-32-16-7-5-14(6-8-17-29-19(33-30-17)21(25,26)27)13-15(16)28-18(32)9-10-20(22,23)24/h5-8,13H,3-4,9-12H2,1-2H3/b8-6+. The van der Waals surface area contributed by atoms with E-state index >= 15 is 0 Å². The van der Waals surface area contributed by atoms with Crippen molar-refractivity contribution >= 4 is 23.2 Å². The van der Waals surface area contributed by atoms with Gasteiger partial charge in [0.25, 0.3) is 0 Å². The molecule has 2 aromatic heterocycles. The molecule has 0 bridgehead atoms. The molecule has 0 atom stereocenters. The zero-order valence-electron chi connectivity index (χ0n) is 18.0. The minimum Gasteiger partial charge on any atom is -0.329 e. The normalized spacial score (nSPS) is 13.1. The molecule has 3 aromatic rings. The predicted molar refractivity (Wildman–Crippen MR) is 110 cm³/mol. The van der Waals surface area contributed by atoms with E-state index in [1.807, 2.05) is 13.8 Å². The first-order valence-electron chi connectivity index (χ1n) is 10.4. The van der Waals surface area contributed by atoms with Gasteiger partial charge in [0.2, 0.25) is 0 Å². The van der Waals surface area contributed by atoms with Crippen LogP contribution >= 0.6 is 0 Å². The quantitative estimate of drug-likeness (QED) is 0.386. The van der Waals surface area contributed by atoms with E-state index in [0.717, 1.165) is 13.1 Å². The van der Waals surface area contributed by atoms with Gasteiger partial charge in [-0.25, -0.2) is 4.98 Å². The van der Waals surface area contributed by atoms with Crippen molar-refractivity contribution in [3.8, 4) is 0 Å². The van der Waals surface area contributed by atoms with E-state index < -0.39 is 24.7 Å². The predicted octanol–water partition coefficient (Wildman–Crippen LogP) is 5.45. The van der Waals surface area contributed by atoms with Crippen LogP contribution in [0.4, 0.5) is 26.3 Å². The highest BCUT2D eigenvalue weighted by atomic mass is 19.4. The SMILES string of the molecule is CCN(CC)CCn1c(CCC(F)(F)F)nc2cc(/C=C/c3noc(C(F)(F)F)n3)ccc21. The van der Waals surface area contributed by atoms with Crippen LogP contribution in [-0.2, 0) is 19.1 Å². The van der Waals surface area contributed by atoms with Crippen LogP contribution in [0.3, 0.4) is 0 Å². The number of rotatable bonds is 9. The molecule has 2 heterocycles. The van der Waals surface area contributed by atoms with Crippen molar-refractivity contribution in [1.29, 1.82) is 0 Å². The number of hydrogen-bond donors (Lipinski definition) is 0. The van der Waals surface area contributed by atoms with E-state index in [2.05, 4.69) is 24.5 Å². The van der Waals surface area contributed by atoms with Crippen LogP contribution in [0, 0.1) is 0 Å². The van der Waals surface area contributed by atoms with Gasteiger partial charge in [0.15, 0.2) is 5.82 Å². The Kier molecular flexibility index (Phi) is 7.45. The summed E-state index contributed by atoms with van der Waals surface area (Å²) in [4.78, 5) is 9.83. The molecule has 0 aliphatic rings. The number of hydrogen-bond acceptors (Lipinski definition) is 5. The topological polar surface area (TPSA) is 60.0 Å². The van der Waals surface area contributed by atoms with Crippen molar-refractivity contribution in [3.05, 3.63) is 41.3 Å². The fourth-order valence-corrected chi connectivity index (χ4v) is 3.36. The Bertz CT molecular complexity index is 1090. The van der Waals surface area contributed by atoms with E-state index in [-0.39, 0.29) is 12.2 Å². The summed E-state index contributed by atoms with van der Waals surface area (Å²) in [5.41, 5.74) is 1.77. The first-order chi connectivity index (χ1) is 15.5. The largest absolute Gasteiger partial charge is 0.471 e. The summed E-state index contributed by atoms with van der Waals surface area (Å²) >= 11 is 0. The summed E-state index contributed by atoms with van der Waals surface area (Å²) in [6.07, 6.45) is -7.52. The van der Waals surface area contributed by atoms with Crippen LogP contribution in [0.5, 0.6) is 0 Å². The number of aromatic nitrogens is 4. The Morgan fingerprint density at radius 3 is 2.36 bits per heavy atom. The fraction of sp³-hybridized carbons (Fsp3) is 0.476. The number of aryl methyl sites for hydroxylation is 1. The Morgan fingerprint density at radius 1 is 1.03 bits per heavy atom. The summed E-state index contributed by atoms with van der Waals surface area (Å²) in [5, 5.41) is 3.26. The molecule has 0 fully saturated rings. The molecule has 12 heteroatoms. The van der Waals surface area contributed by atoms with E-state index in [4.69, 9.17) is 0 Å². The van der Waals surface area contributed by atoms with Gasteiger partial charge in [0.05, 0.1) is 17.5 Å². The van der Waals surface area contributed by atoms with E-state index in [9.17, 15) is 26.3 Å². The Labute approximate surface area is 185 Å². The van der Waals surface area contributed by atoms with E-state index in [0.29, 0.717) is 35.5 Å². The molecule has 1 aromatic carbocycles. The maximum Gasteiger partial charge on any atom is 0.471 e. The molecule has 3 rings (SSSR count). The fourth-order valence-electron chi connectivity index (χ4n) is 3.36. The lowest BCUT2D eigenvalue weighted by atomic mass is 10.2. The zero-order valence-corrected chi connectivity index (χ0v) is 18.0. The summed E-state index contributed by atoms with van der Waals surface area (Å²) in [6, 6.07) is 5.09. The third kappa shape index (κ3) is 6.56. The van der Waals surface area contributed by atoms with Crippen LogP contribution < -0.4 is 0 Å². The monoisotopic (exact) mass is 475 g/mol. The van der Waals surface area contributed by atoms with Crippen LogP contribution in [0.2, 0.25) is 0 Å². The van der Waals surface area contributed by atoms with Crippen molar-refractivity contribution in [2.75, 3.05) is 19.6 Å². The Balaban J connectivity index is 1.87. The summed E-state index contributed by atoms with van der Waals surface area (Å²) in [7, 11) is 0. The lowest BCUT2D eigenvalue weighted by molar-refractivity contribution is -0.159. The van der Waals surface area contributed by atoms with Crippen LogP contribution in [0.15, 0.2) is 22.7 Å². The highest BCUT2D eigenvalue weighted by Gasteiger charge is 2.38. The third-order valence-electron chi connectivity index (χ3n) is 5.13. The molecule has 0 spiro atoms. The van der Waals surface area contributed by atoms with Crippen LogP contribution in [0.25, 0.3) is 23.2 Å². The molecule has 0 amide bonds. The average Bonchev–Trinajstić information content (AvgIpc) is 3.35. The third-order valence-corrected chi connectivity index (χ3v) is 5.13. The summed E-state index contributed by atoms with van der Waals surface area (Å²) in [5.74, 6) is -1.36. The smallest absolute Gasteiger partial charge is 0.329 e. The summed E-state index contributed by atoms with van der Waals surface area (Å²) < 4.78 is 82.1. The molecule has 0 saturated carbocycles. The van der Waals surface area contributed by atoms with Gasteiger partial charge in [-0.05, 0) is 36.9 Å². The first-order valence-corrected chi connectivity index (χ1v) is 10.4. The van der Waals surface area contributed by atoms with Gasteiger partial charge in [0, 0.05) is 19.5 Å². The Morgan fingerprint density at radius 2 is 1.76 bits per heavy atom. The molecule has 0 radical (unpaired) electrons. The minimum absolute atomic E-state index is 0.245. The number of halogens is 6. The zero-order chi connectivity index (χ0) is 24.2. The van der Waals surface area contributed by atoms with Crippen LogP contribution in [0.1, 0.15) is 43.4 Å². The van der Waals surface area contributed by atoms with Crippen molar-refractivity contribution in [2.45, 2.75) is 45.6 Å². The lowest BCUT2D eigenvalue weighted by Crippen LogP contribution is -2.27. The minimum atomic E-state index is -4.73. The van der Waals surface area contributed by atoms with E-state index in [1.54, 1.807) is 22.8 Å². The van der Waals surface area contributed by atoms with Gasteiger partial charge in [-0.15, -0.1) is 0 Å². The van der Waals surface area contributed by atoms with E-state index in [1.165, 1.54) is 12.2 Å². The highest BCUT2D eigenvalue weighted by molar-refractivity contribution is 5.81. The second kappa shape index (κ2) is 9.94. The Hall–Kier alpha value is -2.89. The van der Waals surface area contributed by atoms with Gasteiger partial charge in [-0.2, -0.15) is 31.3 Å². The van der Waals surface area contributed by atoms with Gasteiger partial charge in [-0.3, -0.25) is 0 Å². The number of likely N-dealkylation sites (N-methyl/N-ethyl adjacent to an activating group) is 1. The molecule has 0 N–H and O–H groups in total. The van der Waals surface area contributed by atoms with Gasteiger partial charge in [0.1, 0.15) is 5.82 Å². The van der Waals surface area contributed by atoms with Crippen molar-refractivity contribution in [1.82, 2.24) is 24.6 Å². The van der Waals surface area contributed by atoms with Gasteiger partial charge < -0.3 is 14.0 Å². The first kappa shape index (κ1) is 24.7. The van der Waals surface area contributed by atoms with Crippen molar-refractivity contribution < 1.29 is 30.9 Å². The second-order valence-corrected chi connectivity index (χ2v) is 7.36. The molecule has 33 heavy (non-hydrogen) atoms. The summed E-state index contributed by atoms with van der Waals surface area (Å²) in [6.45, 7) is 6.83. The maximum absolute atomic E-state index is 12.8. The number of benzene rings is 1. The highest BCUT2D eigenvalue weighted by Crippen LogP contribution is 2.28. The molecule has 6 nitrogen and oxygen atoms in total. The molecule has 180 valence electrons. The van der Waals surface area contributed by atoms with Crippen LogP contribution in [-0.4, -0.2) is 50.4 Å². The molecular formula is C21H23F6N5O. The molecule has 0 saturated heterocycles. The molecular weight excluding hydrogens is 452 g/mol.